The minimum absolute atomic E-state index is 0.483. The Morgan fingerprint density at radius 2 is 1.75 bits per heavy atom. The van der Waals surface area contributed by atoms with Crippen molar-refractivity contribution in [1.29, 1.82) is 0 Å². The summed E-state index contributed by atoms with van der Waals surface area (Å²) in [5, 5.41) is 3.88. The van der Waals surface area contributed by atoms with Crippen LogP contribution in [0.2, 0.25) is 0 Å². The average Bonchev–Trinajstić information content (AvgIpc) is 2.67. The van der Waals surface area contributed by atoms with Gasteiger partial charge in [0.1, 0.15) is 0 Å². The Morgan fingerprint density at radius 1 is 1.10 bits per heavy atom. The molecule has 0 aliphatic heterocycles. The van der Waals surface area contributed by atoms with Gasteiger partial charge in [-0.15, -0.1) is 0 Å². The molecule has 1 aromatic carbocycles. The molecular formula is C19H29N. The van der Waals surface area contributed by atoms with Gasteiger partial charge in [0.25, 0.3) is 0 Å². The second kappa shape index (κ2) is 4.59. The summed E-state index contributed by atoms with van der Waals surface area (Å²) < 4.78 is 0. The second-order valence-corrected chi connectivity index (χ2v) is 8.04. The van der Waals surface area contributed by atoms with E-state index >= 15 is 0 Å². The van der Waals surface area contributed by atoms with E-state index in [0.717, 1.165) is 12.5 Å². The fourth-order valence-electron chi connectivity index (χ4n) is 4.92. The summed E-state index contributed by atoms with van der Waals surface area (Å²) in [5.74, 6) is 0.921. The van der Waals surface area contributed by atoms with Gasteiger partial charge in [-0.05, 0) is 55.4 Å². The molecule has 2 aliphatic rings. The van der Waals surface area contributed by atoms with Gasteiger partial charge in [-0.25, -0.2) is 0 Å². The predicted octanol–water partition coefficient (Wildman–Crippen LogP) is 4.61. The Kier molecular flexibility index (Phi) is 3.25. The van der Waals surface area contributed by atoms with E-state index in [4.69, 9.17) is 0 Å². The molecule has 3 rings (SSSR count). The summed E-state index contributed by atoms with van der Waals surface area (Å²) in [6.45, 7) is 12.9. The Hall–Kier alpha value is -0.820. The normalized spacial score (nSPS) is 34.6. The van der Waals surface area contributed by atoms with E-state index in [1.54, 1.807) is 0 Å². The van der Waals surface area contributed by atoms with E-state index in [9.17, 15) is 0 Å². The van der Waals surface area contributed by atoms with Crippen LogP contribution in [0.5, 0.6) is 0 Å². The number of benzene rings is 1. The van der Waals surface area contributed by atoms with Crippen LogP contribution in [0.1, 0.15) is 56.7 Å². The van der Waals surface area contributed by atoms with E-state index in [1.165, 1.54) is 36.0 Å². The highest BCUT2D eigenvalue weighted by Crippen LogP contribution is 2.65. The summed E-state index contributed by atoms with van der Waals surface area (Å²) in [6.07, 6.45) is 4.20. The number of rotatable bonds is 3. The highest BCUT2D eigenvalue weighted by atomic mass is 15.0. The molecule has 110 valence electrons. The average molecular weight is 271 g/mol. The first kappa shape index (κ1) is 14.1. The van der Waals surface area contributed by atoms with E-state index < -0.39 is 0 Å². The van der Waals surface area contributed by atoms with Crippen molar-refractivity contribution in [1.82, 2.24) is 5.32 Å². The largest absolute Gasteiger partial charge is 0.309 e. The van der Waals surface area contributed by atoms with Gasteiger partial charge in [-0.2, -0.15) is 0 Å². The van der Waals surface area contributed by atoms with Gasteiger partial charge < -0.3 is 5.32 Å². The van der Waals surface area contributed by atoms with Gasteiger partial charge in [-0.1, -0.05) is 50.1 Å². The molecule has 0 amide bonds. The zero-order chi connectivity index (χ0) is 14.5. The maximum Gasteiger partial charge on any atom is 0.0208 e. The first-order valence-electron chi connectivity index (χ1n) is 8.13. The van der Waals surface area contributed by atoms with Crippen LogP contribution in [-0.2, 0) is 6.54 Å². The van der Waals surface area contributed by atoms with Gasteiger partial charge in [0.15, 0.2) is 0 Å². The Balaban J connectivity index is 1.71. The first-order valence-corrected chi connectivity index (χ1v) is 8.13. The van der Waals surface area contributed by atoms with Crippen molar-refractivity contribution in [3.63, 3.8) is 0 Å². The van der Waals surface area contributed by atoms with E-state index in [1.807, 2.05) is 0 Å². The summed E-state index contributed by atoms with van der Waals surface area (Å²) in [4.78, 5) is 0. The monoisotopic (exact) mass is 271 g/mol. The highest BCUT2D eigenvalue weighted by molar-refractivity contribution is 5.28. The molecule has 1 aromatic rings. The number of nitrogens with one attached hydrogen (secondary N) is 1. The van der Waals surface area contributed by atoms with E-state index in [2.05, 4.69) is 58.1 Å². The molecule has 2 bridgehead atoms. The summed E-state index contributed by atoms with van der Waals surface area (Å²) in [6, 6.07) is 7.59. The lowest BCUT2D eigenvalue weighted by Gasteiger charge is -2.39. The molecule has 0 aromatic heterocycles. The van der Waals surface area contributed by atoms with Crippen molar-refractivity contribution >= 4 is 0 Å². The molecular weight excluding hydrogens is 242 g/mol. The van der Waals surface area contributed by atoms with Crippen molar-refractivity contribution in [2.24, 2.45) is 16.7 Å². The number of fused-ring (bicyclic) bond motifs is 2. The Bertz CT molecular complexity index is 496. The van der Waals surface area contributed by atoms with Crippen LogP contribution in [0.15, 0.2) is 18.2 Å². The smallest absolute Gasteiger partial charge is 0.0208 e. The third kappa shape index (κ3) is 2.02. The van der Waals surface area contributed by atoms with Crippen LogP contribution in [-0.4, -0.2) is 6.04 Å². The molecule has 1 nitrogen and oxygen atoms in total. The van der Waals surface area contributed by atoms with Crippen LogP contribution < -0.4 is 5.32 Å². The van der Waals surface area contributed by atoms with Crippen LogP contribution in [0.4, 0.5) is 0 Å². The summed E-state index contributed by atoms with van der Waals surface area (Å²) in [5.41, 5.74) is 5.18. The molecule has 2 fully saturated rings. The van der Waals surface area contributed by atoms with E-state index in [0.29, 0.717) is 16.9 Å². The molecule has 3 atom stereocenters. The first-order chi connectivity index (χ1) is 9.33. The zero-order valence-electron chi connectivity index (χ0n) is 13.7. The fraction of sp³-hybridized carbons (Fsp3) is 0.684. The third-order valence-electron chi connectivity index (χ3n) is 6.63. The fourth-order valence-corrected chi connectivity index (χ4v) is 4.92. The molecule has 0 radical (unpaired) electrons. The van der Waals surface area contributed by atoms with Gasteiger partial charge in [-0.3, -0.25) is 0 Å². The van der Waals surface area contributed by atoms with Gasteiger partial charge in [0, 0.05) is 12.6 Å². The van der Waals surface area contributed by atoms with Crippen LogP contribution in [0.25, 0.3) is 0 Å². The van der Waals surface area contributed by atoms with Gasteiger partial charge in [0.05, 0.1) is 0 Å². The van der Waals surface area contributed by atoms with Crippen LogP contribution in [0.3, 0.4) is 0 Å². The molecule has 1 N–H and O–H groups in total. The molecule has 0 spiro atoms. The molecule has 0 heterocycles. The van der Waals surface area contributed by atoms with Crippen molar-refractivity contribution in [2.45, 2.75) is 66.5 Å². The van der Waals surface area contributed by atoms with Crippen molar-refractivity contribution < 1.29 is 0 Å². The predicted molar refractivity (Wildman–Crippen MR) is 85.8 cm³/mol. The molecule has 1 heteroatoms. The third-order valence-corrected chi connectivity index (χ3v) is 6.63. The number of hydrogen-bond donors (Lipinski definition) is 1. The zero-order valence-corrected chi connectivity index (χ0v) is 13.7. The molecule has 2 saturated carbocycles. The standard InChI is InChI=1S/C19H29N/c1-13-8-14(2)10-15(9-13)12-20-17-11-16-6-7-19(17,5)18(16,3)4/h8-10,16-17,20H,6-7,11-12H2,1-5H3. The quantitative estimate of drug-likeness (QED) is 0.846. The lowest BCUT2D eigenvalue weighted by Crippen LogP contribution is -2.44. The summed E-state index contributed by atoms with van der Waals surface area (Å²) >= 11 is 0. The lowest BCUT2D eigenvalue weighted by molar-refractivity contribution is 0.120. The number of hydrogen-bond acceptors (Lipinski definition) is 1. The van der Waals surface area contributed by atoms with E-state index in [-0.39, 0.29) is 0 Å². The topological polar surface area (TPSA) is 12.0 Å². The highest BCUT2D eigenvalue weighted by Gasteiger charge is 2.60. The molecule has 20 heavy (non-hydrogen) atoms. The van der Waals surface area contributed by atoms with Crippen molar-refractivity contribution in [2.75, 3.05) is 0 Å². The van der Waals surface area contributed by atoms with Crippen molar-refractivity contribution in [3.8, 4) is 0 Å². The van der Waals surface area contributed by atoms with Gasteiger partial charge in [0.2, 0.25) is 0 Å². The van der Waals surface area contributed by atoms with Crippen LogP contribution in [0, 0.1) is 30.6 Å². The summed E-state index contributed by atoms with van der Waals surface area (Å²) in [7, 11) is 0. The number of aryl methyl sites for hydroxylation is 2. The lowest BCUT2D eigenvalue weighted by atomic mass is 9.69. The Morgan fingerprint density at radius 3 is 2.25 bits per heavy atom. The van der Waals surface area contributed by atoms with Crippen molar-refractivity contribution in [3.05, 3.63) is 34.9 Å². The second-order valence-electron chi connectivity index (χ2n) is 8.04. The molecule has 0 saturated heterocycles. The maximum atomic E-state index is 3.88. The molecule has 3 unspecified atom stereocenters. The minimum Gasteiger partial charge on any atom is -0.309 e. The Labute approximate surface area is 124 Å². The van der Waals surface area contributed by atoms with Crippen LogP contribution >= 0.6 is 0 Å². The SMILES string of the molecule is Cc1cc(C)cc(CNC2CC3CCC2(C)C3(C)C)c1. The minimum atomic E-state index is 0.483. The van der Waals surface area contributed by atoms with Gasteiger partial charge >= 0.3 is 0 Å². The molecule has 2 aliphatic carbocycles. The maximum absolute atomic E-state index is 3.88.